The van der Waals surface area contributed by atoms with Crippen LogP contribution in [0, 0.1) is 6.92 Å². The molecule has 118 valence electrons. The number of hydrogen-bond donors (Lipinski definition) is 2. The fourth-order valence-electron chi connectivity index (χ4n) is 2.87. The normalized spacial score (nSPS) is 18.6. The van der Waals surface area contributed by atoms with E-state index in [1.807, 2.05) is 35.9 Å². The zero-order valence-corrected chi connectivity index (χ0v) is 12.8. The topological polar surface area (TPSA) is 69.9 Å². The predicted octanol–water partition coefficient (Wildman–Crippen LogP) is 1.35. The van der Waals surface area contributed by atoms with Gasteiger partial charge in [0.2, 0.25) is 0 Å². The fourth-order valence-corrected chi connectivity index (χ4v) is 2.87. The minimum atomic E-state index is -0.388. The van der Waals surface area contributed by atoms with Crippen LogP contribution >= 0.6 is 0 Å². The van der Waals surface area contributed by atoms with Gasteiger partial charge in [-0.25, -0.2) is 9.78 Å². The van der Waals surface area contributed by atoms with Crippen molar-refractivity contribution in [1.82, 2.24) is 19.6 Å². The minimum absolute atomic E-state index is 0.0984. The molecule has 2 amide bonds. The Bertz CT molecular complexity index is 667. The summed E-state index contributed by atoms with van der Waals surface area (Å²) in [6.07, 6.45) is 5.93. The maximum Gasteiger partial charge on any atom is 0.317 e. The monoisotopic (exact) mass is 302 g/mol. The third kappa shape index (κ3) is 3.22. The molecule has 0 aliphatic carbocycles. The summed E-state index contributed by atoms with van der Waals surface area (Å²) in [5, 5.41) is 12.5. The Kier molecular flexibility index (Phi) is 4.29. The minimum Gasteiger partial charge on any atom is -0.391 e. The number of urea groups is 1. The van der Waals surface area contributed by atoms with Gasteiger partial charge in [0.25, 0.3) is 0 Å². The predicted molar refractivity (Wildman–Crippen MR) is 83.8 cm³/mol. The summed E-state index contributed by atoms with van der Waals surface area (Å²) in [4.78, 5) is 18.3. The summed E-state index contributed by atoms with van der Waals surface area (Å²) in [5.74, 6) is 0. The van der Waals surface area contributed by atoms with Gasteiger partial charge < -0.3 is 19.7 Å². The third-order valence-electron chi connectivity index (χ3n) is 4.07. The fraction of sp³-hybridized carbons (Fsp3) is 0.500. The van der Waals surface area contributed by atoms with E-state index in [1.165, 1.54) is 0 Å². The van der Waals surface area contributed by atoms with Crippen LogP contribution in [0.2, 0.25) is 0 Å². The Labute approximate surface area is 129 Å². The van der Waals surface area contributed by atoms with Crippen LogP contribution in [0.5, 0.6) is 0 Å². The Morgan fingerprint density at radius 1 is 1.55 bits per heavy atom. The number of imidazole rings is 1. The molecular formula is C16H22N4O2. The van der Waals surface area contributed by atoms with E-state index >= 15 is 0 Å². The number of β-amino-alcohol motifs (C(OH)–C–C–N with tert-alkyl or cyclic N) is 1. The van der Waals surface area contributed by atoms with E-state index in [9.17, 15) is 9.90 Å². The van der Waals surface area contributed by atoms with E-state index in [2.05, 4.69) is 10.3 Å². The summed E-state index contributed by atoms with van der Waals surface area (Å²) in [6.45, 7) is 3.74. The van der Waals surface area contributed by atoms with Crippen LogP contribution in [0.15, 0.2) is 24.5 Å². The number of carbonyl (C=O) groups excluding carboxylic acids is 1. The van der Waals surface area contributed by atoms with Crippen molar-refractivity contribution in [3.8, 4) is 0 Å². The first-order valence-corrected chi connectivity index (χ1v) is 7.77. The molecule has 0 bridgehead atoms. The highest BCUT2D eigenvalue weighted by molar-refractivity contribution is 5.74. The van der Waals surface area contributed by atoms with Gasteiger partial charge in [-0.2, -0.15) is 0 Å². The molecule has 6 nitrogen and oxygen atoms in total. The summed E-state index contributed by atoms with van der Waals surface area (Å²) in [6, 6.07) is 3.94. The van der Waals surface area contributed by atoms with Crippen LogP contribution in [0.1, 0.15) is 24.1 Å². The van der Waals surface area contributed by atoms with Crippen molar-refractivity contribution in [3.05, 3.63) is 35.8 Å². The number of aliphatic hydroxyl groups is 1. The van der Waals surface area contributed by atoms with Crippen molar-refractivity contribution >= 4 is 11.7 Å². The van der Waals surface area contributed by atoms with E-state index in [1.54, 1.807) is 4.90 Å². The van der Waals surface area contributed by atoms with E-state index in [4.69, 9.17) is 0 Å². The molecule has 3 heterocycles. The summed E-state index contributed by atoms with van der Waals surface area (Å²) in [7, 11) is 0. The van der Waals surface area contributed by atoms with Crippen LogP contribution in [-0.2, 0) is 6.42 Å². The van der Waals surface area contributed by atoms with Gasteiger partial charge in [0, 0.05) is 38.4 Å². The second kappa shape index (κ2) is 6.36. The van der Waals surface area contributed by atoms with Gasteiger partial charge in [-0.3, -0.25) is 0 Å². The second-order valence-corrected chi connectivity index (χ2v) is 5.88. The standard InChI is InChI=1S/C16H22N4O2/c1-12-4-2-8-19-10-13(18-15(12)19)6-7-17-16(22)20-9-3-5-14(21)11-20/h2,4,8,10,14,21H,3,5-7,9,11H2,1H3,(H,17,22). The second-order valence-electron chi connectivity index (χ2n) is 5.88. The first-order chi connectivity index (χ1) is 10.6. The van der Waals surface area contributed by atoms with Gasteiger partial charge in [-0.05, 0) is 31.4 Å². The Morgan fingerprint density at radius 2 is 2.41 bits per heavy atom. The van der Waals surface area contributed by atoms with Crippen LogP contribution in [0.3, 0.4) is 0 Å². The maximum atomic E-state index is 12.0. The molecule has 22 heavy (non-hydrogen) atoms. The van der Waals surface area contributed by atoms with Gasteiger partial charge in [0.1, 0.15) is 5.65 Å². The average Bonchev–Trinajstić information content (AvgIpc) is 2.91. The van der Waals surface area contributed by atoms with Crippen molar-refractivity contribution in [2.24, 2.45) is 0 Å². The van der Waals surface area contributed by atoms with E-state index in [0.29, 0.717) is 19.5 Å². The van der Waals surface area contributed by atoms with Crippen molar-refractivity contribution < 1.29 is 9.90 Å². The first-order valence-electron chi connectivity index (χ1n) is 7.77. The lowest BCUT2D eigenvalue weighted by molar-refractivity contribution is 0.0843. The molecule has 1 atom stereocenters. The number of aliphatic hydroxyl groups excluding tert-OH is 1. The number of hydrogen-bond acceptors (Lipinski definition) is 3. The van der Waals surface area contributed by atoms with E-state index < -0.39 is 0 Å². The number of nitrogens with zero attached hydrogens (tertiary/aromatic N) is 3. The lowest BCUT2D eigenvalue weighted by Gasteiger charge is -2.30. The molecule has 0 radical (unpaired) electrons. The Balaban J connectivity index is 1.53. The lowest BCUT2D eigenvalue weighted by Crippen LogP contribution is -2.47. The molecule has 1 saturated heterocycles. The molecule has 2 N–H and O–H groups in total. The summed E-state index contributed by atoms with van der Waals surface area (Å²) >= 11 is 0. The zero-order chi connectivity index (χ0) is 15.5. The first kappa shape index (κ1) is 14.8. The molecule has 6 heteroatoms. The smallest absolute Gasteiger partial charge is 0.317 e. The molecule has 2 aromatic heterocycles. The average molecular weight is 302 g/mol. The molecule has 0 saturated carbocycles. The number of piperidine rings is 1. The quantitative estimate of drug-likeness (QED) is 0.899. The molecule has 0 spiro atoms. The maximum absolute atomic E-state index is 12.0. The highest BCUT2D eigenvalue weighted by Crippen LogP contribution is 2.11. The van der Waals surface area contributed by atoms with Crippen molar-refractivity contribution in [1.29, 1.82) is 0 Å². The van der Waals surface area contributed by atoms with Crippen molar-refractivity contribution in [2.75, 3.05) is 19.6 Å². The Morgan fingerprint density at radius 3 is 3.18 bits per heavy atom. The molecular weight excluding hydrogens is 280 g/mol. The number of fused-ring (bicyclic) bond motifs is 1. The number of nitrogens with one attached hydrogen (secondary N) is 1. The number of carbonyl (C=O) groups is 1. The van der Waals surface area contributed by atoms with Gasteiger partial charge >= 0.3 is 6.03 Å². The van der Waals surface area contributed by atoms with Gasteiger partial charge in [-0.15, -0.1) is 0 Å². The van der Waals surface area contributed by atoms with Crippen molar-refractivity contribution in [2.45, 2.75) is 32.3 Å². The molecule has 0 aromatic carbocycles. The number of pyridine rings is 1. The molecule has 1 fully saturated rings. The van der Waals surface area contributed by atoms with Gasteiger partial charge in [0.15, 0.2) is 0 Å². The van der Waals surface area contributed by atoms with Crippen LogP contribution in [0.25, 0.3) is 5.65 Å². The van der Waals surface area contributed by atoms with E-state index in [0.717, 1.165) is 36.3 Å². The lowest BCUT2D eigenvalue weighted by atomic mass is 10.1. The number of aryl methyl sites for hydroxylation is 1. The van der Waals surface area contributed by atoms with Crippen LogP contribution in [0.4, 0.5) is 4.79 Å². The molecule has 1 aliphatic rings. The van der Waals surface area contributed by atoms with Gasteiger partial charge in [-0.1, -0.05) is 6.07 Å². The summed E-state index contributed by atoms with van der Waals surface area (Å²) < 4.78 is 2.01. The van der Waals surface area contributed by atoms with Gasteiger partial charge in [0.05, 0.1) is 11.8 Å². The summed E-state index contributed by atoms with van der Waals surface area (Å²) in [5.41, 5.74) is 3.07. The molecule has 2 aromatic rings. The van der Waals surface area contributed by atoms with E-state index in [-0.39, 0.29) is 12.1 Å². The number of rotatable bonds is 3. The molecule has 1 aliphatic heterocycles. The number of likely N-dealkylation sites (tertiary alicyclic amines) is 1. The van der Waals surface area contributed by atoms with Crippen molar-refractivity contribution in [3.63, 3.8) is 0 Å². The Hall–Kier alpha value is -2.08. The molecule has 3 rings (SSSR count). The third-order valence-corrected chi connectivity index (χ3v) is 4.07. The zero-order valence-electron chi connectivity index (χ0n) is 12.8. The van der Waals surface area contributed by atoms with Crippen LogP contribution < -0.4 is 5.32 Å². The number of aromatic nitrogens is 2. The van der Waals surface area contributed by atoms with Crippen LogP contribution in [-0.4, -0.2) is 51.2 Å². The molecule has 1 unspecified atom stereocenters. The highest BCUT2D eigenvalue weighted by atomic mass is 16.3. The number of amides is 2. The SMILES string of the molecule is Cc1cccn2cc(CCNC(=O)N3CCCC(O)C3)nc12. The largest absolute Gasteiger partial charge is 0.391 e. The highest BCUT2D eigenvalue weighted by Gasteiger charge is 2.21.